The lowest BCUT2D eigenvalue weighted by molar-refractivity contribution is -0.00848. The molecule has 138 valence electrons. The molecule has 1 N–H and O–H groups in total. The van der Waals surface area contributed by atoms with Crippen LogP contribution in [-0.4, -0.2) is 32.9 Å². The molecule has 2 bridgehead atoms. The third-order valence-corrected chi connectivity index (χ3v) is 6.11. The van der Waals surface area contributed by atoms with E-state index >= 15 is 0 Å². The zero-order chi connectivity index (χ0) is 18.0. The monoisotopic (exact) mass is 367 g/mol. The molecule has 0 aliphatic heterocycles. The molecule has 0 radical (unpaired) electrons. The van der Waals surface area contributed by atoms with Gasteiger partial charge in [0, 0.05) is 5.54 Å². The van der Waals surface area contributed by atoms with Crippen molar-refractivity contribution in [3.05, 3.63) is 35.9 Å². The summed E-state index contributed by atoms with van der Waals surface area (Å²) in [6.07, 6.45) is 5.79. The highest BCUT2D eigenvalue weighted by atomic mass is 32.2. The van der Waals surface area contributed by atoms with Crippen molar-refractivity contribution in [1.82, 2.24) is 5.32 Å². The number of alkyl carbamates (subject to hydrolysis) is 1. The molecule has 0 atom stereocenters. The second-order valence-corrected chi connectivity index (χ2v) is 9.08. The maximum absolute atomic E-state index is 12.2. The highest BCUT2D eigenvalue weighted by Crippen LogP contribution is 2.52. The van der Waals surface area contributed by atoms with Gasteiger partial charge in [0.1, 0.15) is 6.61 Å². The Labute approximate surface area is 149 Å². The maximum atomic E-state index is 12.2. The van der Waals surface area contributed by atoms with Gasteiger partial charge in [-0.1, -0.05) is 30.3 Å². The highest BCUT2D eigenvalue weighted by Gasteiger charge is 2.50. The summed E-state index contributed by atoms with van der Waals surface area (Å²) in [5, 5.41) is 3.06. The molecule has 25 heavy (non-hydrogen) atoms. The zero-order valence-electron chi connectivity index (χ0n) is 14.5. The van der Waals surface area contributed by atoms with Crippen molar-refractivity contribution in [3.63, 3.8) is 0 Å². The maximum Gasteiger partial charge on any atom is 0.407 e. The Hall–Kier alpha value is -1.60. The first-order valence-corrected chi connectivity index (χ1v) is 10.4. The van der Waals surface area contributed by atoms with Crippen LogP contribution >= 0.6 is 0 Å². The van der Waals surface area contributed by atoms with Gasteiger partial charge in [-0.15, -0.1) is 0 Å². The van der Waals surface area contributed by atoms with Gasteiger partial charge < -0.3 is 10.1 Å². The summed E-state index contributed by atoms with van der Waals surface area (Å²) in [5.41, 5.74) is 0.667. The number of benzene rings is 1. The molecule has 1 amide bonds. The number of hydrogen-bond acceptors (Lipinski definition) is 5. The molecule has 0 saturated heterocycles. The average molecular weight is 367 g/mol. The van der Waals surface area contributed by atoms with E-state index in [4.69, 9.17) is 8.92 Å². The molecular formula is C18H25NO5S. The molecule has 3 fully saturated rings. The third kappa shape index (κ3) is 4.73. The van der Waals surface area contributed by atoms with Gasteiger partial charge in [-0.3, -0.25) is 4.18 Å². The zero-order valence-corrected chi connectivity index (χ0v) is 15.3. The van der Waals surface area contributed by atoms with Gasteiger partial charge in [-0.2, -0.15) is 8.42 Å². The molecule has 1 aromatic rings. The molecule has 3 aliphatic carbocycles. The normalized spacial score (nSPS) is 28.5. The fourth-order valence-corrected chi connectivity index (χ4v) is 4.34. The summed E-state index contributed by atoms with van der Waals surface area (Å²) in [6.45, 7) is 0.509. The van der Waals surface area contributed by atoms with Gasteiger partial charge in [0.15, 0.2) is 0 Å². The summed E-state index contributed by atoms with van der Waals surface area (Å²) in [5.74, 6) is 0. The number of fused-ring (bicyclic) bond motifs is 3. The first-order chi connectivity index (χ1) is 11.8. The lowest BCUT2D eigenvalue weighted by Gasteiger charge is -2.53. The number of ether oxygens (including phenoxy) is 1. The molecule has 6 nitrogen and oxygen atoms in total. The van der Waals surface area contributed by atoms with Crippen molar-refractivity contribution < 1.29 is 22.1 Å². The molecule has 7 heteroatoms. The Morgan fingerprint density at radius 2 is 1.68 bits per heavy atom. The average Bonchev–Trinajstić information content (AvgIpc) is 2.60. The fourth-order valence-electron chi connectivity index (χ4n) is 3.88. The summed E-state index contributed by atoms with van der Waals surface area (Å²) in [6, 6.07) is 9.59. The van der Waals surface area contributed by atoms with Crippen LogP contribution in [0.5, 0.6) is 0 Å². The summed E-state index contributed by atoms with van der Waals surface area (Å²) in [7, 11) is -3.41. The number of hydrogen-bond donors (Lipinski definition) is 1. The van der Waals surface area contributed by atoms with E-state index in [1.54, 1.807) is 0 Å². The van der Waals surface area contributed by atoms with E-state index in [-0.39, 0.29) is 30.3 Å². The molecule has 0 aromatic heterocycles. The number of carbonyl (C=O) groups is 1. The first kappa shape index (κ1) is 18.2. The van der Waals surface area contributed by atoms with Crippen LogP contribution in [0.1, 0.15) is 44.1 Å². The van der Waals surface area contributed by atoms with Gasteiger partial charge in [-0.25, -0.2) is 4.79 Å². The minimum absolute atomic E-state index is 0.0690. The number of carbonyl (C=O) groups excluding carboxylic acids is 1. The number of amides is 1. The summed E-state index contributed by atoms with van der Waals surface area (Å²) < 4.78 is 32.9. The van der Waals surface area contributed by atoms with Crippen molar-refractivity contribution in [3.8, 4) is 0 Å². The van der Waals surface area contributed by atoms with Crippen molar-refractivity contribution in [1.29, 1.82) is 0 Å². The minimum Gasteiger partial charge on any atom is -0.445 e. The van der Waals surface area contributed by atoms with Crippen LogP contribution in [-0.2, 0) is 25.6 Å². The van der Waals surface area contributed by atoms with Crippen molar-refractivity contribution in [2.75, 3.05) is 12.9 Å². The SMILES string of the molecule is CS(=O)(=O)OCC12CCC(NC(=O)OCc3ccccc3)(CC1)CC2. The minimum atomic E-state index is -3.41. The van der Waals surface area contributed by atoms with Gasteiger partial charge in [0.25, 0.3) is 10.1 Å². The standard InChI is InChI=1S/C18H25NO5S/c1-25(21,22)24-14-17-7-10-18(11-8-17,12-9-17)19-16(20)23-13-15-5-3-2-4-6-15/h2-6H,7-14H2,1H3,(H,19,20). The largest absolute Gasteiger partial charge is 0.445 e. The number of nitrogens with one attached hydrogen (secondary N) is 1. The Kier molecular flexibility index (Phi) is 5.06. The molecular weight excluding hydrogens is 342 g/mol. The van der Waals surface area contributed by atoms with E-state index in [1.165, 1.54) is 0 Å². The van der Waals surface area contributed by atoms with E-state index in [2.05, 4.69) is 5.32 Å². The van der Waals surface area contributed by atoms with Crippen LogP contribution in [0.4, 0.5) is 4.79 Å². The molecule has 3 aliphatic rings. The Morgan fingerprint density at radius 1 is 1.08 bits per heavy atom. The van der Waals surface area contributed by atoms with Crippen LogP contribution in [0, 0.1) is 5.41 Å². The predicted molar refractivity (Wildman–Crippen MR) is 93.4 cm³/mol. The van der Waals surface area contributed by atoms with Crippen LogP contribution in [0.2, 0.25) is 0 Å². The van der Waals surface area contributed by atoms with Crippen LogP contribution in [0.15, 0.2) is 30.3 Å². The lowest BCUT2D eigenvalue weighted by Crippen LogP contribution is -2.57. The van der Waals surface area contributed by atoms with Crippen molar-refractivity contribution in [2.45, 2.75) is 50.7 Å². The van der Waals surface area contributed by atoms with Gasteiger partial charge in [-0.05, 0) is 49.5 Å². The smallest absolute Gasteiger partial charge is 0.407 e. The first-order valence-electron chi connectivity index (χ1n) is 8.63. The van der Waals surface area contributed by atoms with E-state index < -0.39 is 10.1 Å². The fraction of sp³-hybridized carbons (Fsp3) is 0.611. The summed E-state index contributed by atoms with van der Waals surface area (Å²) >= 11 is 0. The quantitative estimate of drug-likeness (QED) is 0.782. The molecule has 0 spiro atoms. The second-order valence-electron chi connectivity index (χ2n) is 7.43. The van der Waals surface area contributed by atoms with E-state index in [0.717, 1.165) is 50.3 Å². The second kappa shape index (κ2) is 6.96. The molecule has 0 unspecified atom stereocenters. The van der Waals surface area contributed by atoms with Gasteiger partial charge in [0.05, 0.1) is 12.9 Å². The van der Waals surface area contributed by atoms with Crippen molar-refractivity contribution in [2.24, 2.45) is 5.41 Å². The summed E-state index contributed by atoms with van der Waals surface area (Å²) in [4.78, 5) is 12.2. The van der Waals surface area contributed by atoms with E-state index in [0.29, 0.717) is 0 Å². The Bertz CT molecular complexity index is 692. The molecule has 0 heterocycles. The van der Waals surface area contributed by atoms with E-state index in [9.17, 15) is 13.2 Å². The van der Waals surface area contributed by atoms with Gasteiger partial charge >= 0.3 is 6.09 Å². The molecule has 4 rings (SSSR count). The highest BCUT2D eigenvalue weighted by molar-refractivity contribution is 7.85. The topological polar surface area (TPSA) is 81.7 Å². The van der Waals surface area contributed by atoms with Crippen molar-refractivity contribution >= 4 is 16.2 Å². The molecule has 1 aromatic carbocycles. The third-order valence-electron chi connectivity index (χ3n) is 5.56. The van der Waals surface area contributed by atoms with E-state index in [1.807, 2.05) is 30.3 Å². The Morgan fingerprint density at radius 3 is 2.24 bits per heavy atom. The molecule has 3 saturated carbocycles. The van der Waals surface area contributed by atoms with Crippen LogP contribution < -0.4 is 5.32 Å². The van der Waals surface area contributed by atoms with Crippen LogP contribution in [0.25, 0.3) is 0 Å². The predicted octanol–water partition coefficient (Wildman–Crippen LogP) is 2.98. The lowest BCUT2D eigenvalue weighted by atomic mass is 9.57. The van der Waals surface area contributed by atoms with Crippen LogP contribution in [0.3, 0.4) is 0 Å². The van der Waals surface area contributed by atoms with Gasteiger partial charge in [0.2, 0.25) is 0 Å². The Balaban J connectivity index is 1.50. The number of rotatable bonds is 6.